The van der Waals surface area contributed by atoms with Gasteiger partial charge in [0, 0.05) is 49.7 Å². The number of hydrogen-bond acceptors (Lipinski definition) is 5. The van der Waals surface area contributed by atoms with Gasteiger partial charge in [0.05, 0.1) is 6.54 Å². The first-order valence-electron chi connectivity index (χ1n) is 7.46. The largest absolute Gasteiger partial charge is 0.352 e. The number of aryl methyl sites for hydroxylation is 1. The zero-order valence-corrected chi connectivity index (χ0v) is 12.6. The monoisotopic (exact) mass is 286 g/mol. The van der Waals surface area contributed by atoms with Gasteiger partial charge in [-0.3, -0.25) is 0 Å². The van der Waals surface area contributed by atoms with Gasteiger partial charge in [-0.25, -0.2) is 15.0 Å². The minimum absolute atomic E-state index is 0.336. The maximum atomic E-state index is 5.86. The molecule has 1 aliphatic carbocycles. The van der Waals surface area contributed by atoms with Crippen molar-refractivity contribution in [1.82, 2.24) is 19.5 Å². The summed E-state index contributed by atoms with van der Waals surface area (Å²) >= 11 is 0. The summed E-state index contributed by atoms with van der Waals surface area (Å²) in [6.45, 7) is 3.79. The van der Waals surface area contributed by atoms with E-state index in [4.69, 9.17) is 5.73 Å². The average molecular weight is 286 g/mol. The smallest absolute Gasteiger partial charge is 0.132 e. The van der Waals surface area contributed by atoms with Crippen LogP contribution in [0.4, 0.5) is 5.82 Å². The van der Waals surface area contributed by atoms with Crippen LogP contribution in [0.1, 0.15) is 37.2 Å². The molecule has 0 aromatic carbocycles. The molecule has 0 bridgehead atoms. The van der Waals surface area contributed by atoms with Crippen molar-refractivity contribution in [3.05, 3.63) is 36.3 Å². The van der Waals surface area contributed by atoms with E-state index in [9.17, 15) is 0 Å². The van der Waals surface area contributed by atoms with Gasteiger partial charge in [-0.15, -0.1) is 0 Å². The van der Waals surface area contributed by atoms with Crippen LogP contribution in [-0.2, 0) is 13.1 Å². The molecule has 112 valence electrons. The molecule has 6 heteroatoms. The number of nitrogens with zero attached hydrogens (tertiary/aromatic N) is 5. The van der Waals surface area contributed by atoms with E-state index in [2.05, 4.69) is 37.4 Å². The minimum Gasteiger partial charge on any atom is -0.352 e. The Kier molecular flexibility index (Phi) is 3.88. The van der Waals surface area contributed by atoms with E-state index < -0.39 is 0 Å². The Morgan fingerprint density at radius 3 is 2.86 bits per heavy atom. The summed E-state index contributed by atoms with van der Waals surface area (Å²) in [6.07, 6.45) is 7.55. The highest BCUT2D eigenvalue weighted by Crippen LogP contribution is 2.35. The van der Waals surface area contributed by atoms with E-state index in [1.54, 1.807) is 6.33 Å². The van der Waals surface area contributed by atoms with Crippen molar-refractivity contribution in [1.29, 1.82) is 0 Å². The molecule has 1 aliphatic rings. The molecule has 2 heterocycles. The van der Waals surface area contributed by atoms with Crippen molar-refractivity contribution in [3.63, 3.8) is 0 Å². The molecule has 1 saturated carbocycles. The quantitative estimate of drug-likeness (QED) is 0.902. The first kappa shape index (κ1) is 14.0. The average Bonchev–Trinajstić information content (AvgIpc) is 2.91. The summed E-state index contributed by atoms with van der Waals surface area (Å²) in [5, 5.41) is 0. The van der Waals surface area contributed by atoms with Crippen molar-refractivity contribution in [2.24, 2.45) is 5.73 Å². The zero-order valence-electron chi connectivity index (χ0n) is 12.6. The van der Waals surface area contributed by atoms with E-state index in [1.807, 2.05) is 19.4 Å². The molecule has 0 radical (unpaired) electrons. The van der Waals surface area contributed by atoms with Crippen LogP contribution in [0.15, 0.2) is 24.8 Å². The predicted octanol–water partition coefficient (Wildman–Crippen LogP) is 1.53. The van der Waals surface area contributed by atoms with Gasteiger partial charge >= 0.3 is 0 Å². The lowest BCUT2D eigenvalue weighted by molar-refractivity contribution is 0.345. The molecular formula is C15H22N6. The van der Waals surface area contributed by atoms with E-state index in [-0.39, 0.29) is 0 Å². The molecular weight excluding hydrogens is 264 g/mol. The molecule has 2 aromatic heterocycles. The van der Waals surface area contributed by atoms with Gasteiger partial charge in [-0.2, -0.15) is 0 Å². The maximum Gasteiger partial charge on any atom is 0.132 e. The van der Waals surface area contributed by atoms with Crippen LogP contribution < -0.4 is 10.6 Å². The molecule has 0 atom stereocenters. The third-order valence-corrected chi connectivity index (χ3v) is 4.18. The second-order valence-electron chi connectivity index (χ2n) is 5.72. The number of nitrogens with two attached hydrogens (primary N) is 1. The molecule has 1 fully saturated rings. The molecule has 21 heavy (non-hydrogen) atoms. The van der Waals surface area contributed by atoms with Crippen LogP contribution in [0, 0.1) is 0 Å². The Labute approximate surface area is 125 Å². The lowest BCUT2D eigenvalue weighted by Gasteiger charge is -2.32. The van der Waals surface area contributed by atoms with Crippen LogP contribution in [0.3, 0.4) is 0 Å². The highest BCUT2D eigenvalue weighted by atomic mass is 15.2. The van der Waals surface area contributed by atoms with Gasteiger partial charge in [-0.1, -0.05) is 0 Å². The number of aromatic nitrogens is 4. The van der Waals surface area contributed by atoms with Crippen LogP contribution in [0.25, 0.3) is 0 Å². The lowest BCUT2D eigenvalue weighted by Crippen LogP contribution is -2.35. The van der Waals surface area contributed by atoms with Gasteiger partial charge in [0.2, 0.25) is 0 Å². The van der Waals surface area contributed by atoms with Crippen LogP contribution >= 0.6 is 0 Å². The zero-order chi connectivity index (χ0) is 14.8. The van der Waals surface area contributed by atoms with Gasteiger partial charge in [-0.05, 0) is 19.8 Å². The highest BCUT2D eigenvalue weighted by molar-refractivity contribution is 5.39. The van der Waals surface area contributed by atoms with Crippen molar-refractivity contribution in [2.45, 2.75) is 44.8 Å². The first-order chi connectivity index (χ1) is 10.2. The topological polar surface area (TPSA) is 72.9 Å². The number of rotatable bonds is 5. The summed E-state index contributed by atoms with van der Waals surface area (Å²) in [6, 6.07) is 2.42. The minimum atomic E-state index is 0.336. The number of imidazole rings is 1. The molecule has 2 aromatic rings. The summed E-state index contributed by atoms with van der Waals surface area (Å²) in [5.74, 6) is 2.48. The molecule has 2 N–H and O–H groups in total. The Bertz CT molecular complexity index is 602. The summed E-state index contributed by atoms with van der Waals surface area (Å²) in [4.78, 5) is 15.3. The van der Waals surface area contributed by atoms with Crippen molar-refractivity contribution >= 4 is 5.82 Å². The standard InChI is InChI=1S/C15H22N6/c1-3-21-5-4-17-15(21)9-20(2)14-8-13(18-10-19-14)11-6-12(16)7-11/h4-5,8,10-12H,3,6-7,9,16H2,1-2H3. The fourth-order valence-corrected chi connectivity index (χ4v) is 2.77. The Morgan fingerprint density at radius 2 is 2.14 bits per heavy atom. The molecule has 6 nitrogen and oxygen atoms in total. The second-order valence-corrected chi connectivity index (χ2v) is 5.72. The van der Waals surface area contributed by atoms with Crippen molar-refractivity contribution in [2.75, 3.05) is 11.9 Å². The van der Waals surface area contributed by atoms with E-state index in [0.29, 0.717) is 12.0 Å². The first-order valence-corrected chi connectivity index (χ1v) is 7.46. The van der Waals surface area contributed by atoms with E-state index in [0.717, 1.165) is 43.3 Å². The molecule has 3 rings (SSSR count). The van der Waals surface area contributed by atoms with E-state index in [1.165, 1.54) is 0 Å². The van der Waals surface area contributed by atoms with Gasteiger partial charge in [0.25, 0.3) is 0 Å². The lowest BCUT2D eigenvalue weighted by atomic mass is 9.78. The van der Waals surface area contributed by atoms with Crippen LogP contribution in [-0.4, -0.2) is 32.6 Å². The molecule has 0 unspecified atom stereocenters. The van der Waals surface area contributed by atoms with Crippen molar-refractivity contribution < 1.29 is 0 Å². The van der Waals surface area contributed by atoms with Gasteiger partial charge in [0.1, 0.15) is 18.0 Å². The Morgan fingerprint density at radius 1 is 1.33 bits per heavy atom. The highest BCUT2D eigenvalue weighted by Gasteiger charge is 2.28. The molecule has 0 spiro atoms. The molecule has 0 aliphatic heterocycles. The number of hydrogen-bond donors (Lipinski definition) is 1. The Balaban J connectivity index is 1.72. The fourth-order valence-electron chi connectivity index (χ4n) is 2.77. The third kappa shape index (κ3) is 2.90. The maximum absolute atomic E-state index is 5.86. The molecule has 0 saturated heterocycles. The Hall–Kier alpha value is -1.95. The van der Waals surface area contributed by atoms with Gasteiger partial charge in [0.15, 0.2) is 0 Å². The fraction of sp³-hybridized carbons (Fsp3) is 0.533. The third-order valence-electron chi connectivity index (χ3n) is 4.18. The normalized spacial score (nSPS) is 21.1. The van der Waals surface area contributed by atoms with Crippen LogP contribution in [0.2, 0.25) is 0 Å². The van der Waals surface area contributed by atoms with Crippen LogP contribution in [0.5, 0.6) is 0 Å². The summed E-state index contributed by atoms with van der Waals surface area (Å²) in [5.41, 5.74) is 6.97. The van der Waals surface area contributed by atoms with Gasteiger partial charge < -0.3 is 15.2 Å². The van der Waals surface area contributed by atoms with Crippen molar-refractivity contribution in [3.8, 4) is 0 Å². The number of anilines is 1. The predicted molar refractivity (Wildman–Crippen MR) is 82.0 cm³/mol. The second kappa shape index (κ2) is 5.81. The summed E-state index contributed by atoms with van der Waals surface area (Å²) in [7, 11) is 2.04. The summed E-state index contributed by atoms with van der Waals surface area (Å²) < 4.78 is 2.14. The SMILES string of the molecule is CCn1ccnc1CN(C)c1cc(C2CC(N)C2)ncn1. The molecule has 0 amide bonds. The van der Waals surface area contributed by atoms with E-state index >= 15 is 0 Å².